The van der Waals surface area contributed by atoms with E-state index in [1.165, 1.54) is 0 Å². The lowest BCUT2D eigenvalue weighted by Crippen LogP contribution is -2.49. The van der Waals surface area contributed by atoms with Crippen LogP contribution in [-0.2, 0) is 19.1 Å². The lowest BCUT2D eigenvalue weighted by molar-refractivity contribution is -0.163. The first kappa shape index (κ1) is 17.3. The number of amides is 1. The summed E-state index contributed by atoms with van der Waals surface area (Å²) in [7, 11) is 1.84. The third kappa shape index (κ3) is 3.94. The molecule has 0 spiro atoms. The van der Waals surface area contributed by atoms with E-state index in [9.17, 15) is 9.59 Å². The fourth-order valence-electron chi connectivity index (χ4n) is 2.69. The van der Waals surface area contributed by atoms with Crippen LogP contribution in [0.1, 0.15) is 6.92 Å². The normalized spacial score (nSPS) is 19.4. The Morgan fingerprint density at radius 1 is 1.36 bits per heavy atom. The highest BCUT2D eigenvalue weighted by molar-refractivity contribution is 6.02. The Bertz CT molecular complexity index is 775. The number of aromatic nitrogens is 1. The molecule has 0 saturated carbocycles. The third-order valence-corrected chi connectivity index (χ3v) is 4.23. The first-order valence-corrected chi connectivity index (χ1v) is 8.19. The molecule has 7 nitrogen and oxygen atoms in total. The van der Waals surface area contributed by atoms with Crippen LogP contribution in [0, 0.1) is 0 Å². The highest BCUT2D eigenvalue weighted by Crippen LogP contribution is 2.21. The molecule has 0 radical (unpaired) electrons. The van der Waals surface area contributed by atoms with E-state index in [0.717, 1.165) is 10.9 Å². The van der Waals surface area contributed by atoms with Crippen LogP contribution in [0.5, 0.6) is 0 Å². The van der Waals surface area contributed by atoms with Crippen molar-refractivity contribution in [1.29, 1.82) is 0 Å². The van der Waals surface area contributed by atoms with E-state index in [1.807, 2.05) is 30.1 Å². The molecule has 0 unspecified atom stereocenters. The zero-order valence-electron chi connectivity index (χ0n) is 14.3. The van der Waals surface area contributed by atoms with Crippen LogP contribution in [0.3, 0.4) is 0 Å². The summed E-state index contributed by atoms with van der Waals surface area (Å²) in [5.74, 6) is -0.839. The molecule has 1 fully saturated rings. The lowest BCUT2D eigenvalue weighted by atomic mass is 10.1. The van der Waals surface area contributed by atoms with Gasteiger partial charge in [-0.25, -0.2) is 0 Å². The van der Waals surface area contributed by atoms with Gasteiger partial charge in [-0.2, -0.15) is 0 Å². The minimum atomic E-state index is -0.908. The number of hydrogen-bond donors (Lipinski definition) is 1. The van der Waals surface area contributed by atoms with Crippen LogP contribution in [0.15, 0.2) is 36.5 Å². The molecule has 2 heterocycles. The van der Waals surface area contributed by atoms with Gasteiger partial charge in [-0.1, -0.05) is 6.07 Å². The summed E-state index contributed by atoms with van der Waals surface area (Å²) in [5.41, 5.74) is 1.42. The first-order valence-electron chi connectivity index (χ1n) is 8.19. The van der Waals surface area contributed by atoms with Gasteiger partial charge in [-0.05, 0) is 38.2 Å². The molecule has 1 aliphatic rings. The van der Waals surface area contributed by atoms with Crippen molar-refractivity contribution in [1.82, 2.24) is 9.88 Å². The molecular formula is C18H21N3O4. The minimum Gasteiger partial charge on any atom is -0.451 e. The van der Waals surface area contributed by atoms with Gasteiger partial charge >= 0.3 is 5.97 Å². The van der Waals surface area contributed by atoms with Gasteiger partial charge in [-0.15, -0.1) is 0 Å². The summed E-state index contributed by atoms with van der Waals surface area (Å²) in [5, 5.41) is 3.63. The number of benzene rings is 1. The maximum Gasteiger partial charge on any atom is 0.326 e. The standard InChI is InChI=1S/C18H21N3O4/c1-12(25-18(23)16-11-24-10-9-21(16)2)17(22)20-15-7-3-6-14-13(15)5-4-8-19-14/h3-8,12,16H,9-11H2,1-2H3,(H,20,22)/t12-,16+/m1/s1. The Balaban J connectivity index is 1.65. The van der Waals surface area contributed by atoms with E-state index in [4.69, 9.17) is 9.47 Å². The number of hydrogen-bond acceptors (Lipinski definition) is 6. The molecule has 25 heavy (non-hydrogen) atoms. The van der Waals surface area contributed by atoms with Crippen molar-refractivity contribution in [3.63, 3.8) is 0 Å². The van der Waals surface area contributed by atoms with E-state index < -0.39 is 18.1 Å². The van der Waals surface area contributed by atoms with Crippen LogP contribution < -0.4 is 5.32 Å². The predicted octanol–water partition coefficient (Wildman–Crippen LogP) is 1.44. The zero-order valence-corrected chi connectivity index (χ0v) is 14.3. The predicted molar refractivity (Wildman–Crippen MR) is 93.2 cm³/mol. The van der Waals surface area contributed by atoms with Gasteiger partial charge in [0.1, 0.15) is 6.04 Å². The third-order valence-electron chi connectivity index (χ3n) is 4.23. The number of anilines is 1. The molecule has 1 aromatic carbocycles. The van der Waals surface area contributed by atoms with E-state index in [2.05, 4.69) is 10.3 Å². The number of rotatable bonds is 4. The van der Waals surface area contributed by atoms with Gasteiger partial charge in [0.05, 0.1) is 24.4 Å². The molecule has 1 N–H and O–H groups in total. The molecule has 1 amide bonds. The van der Waals surface area contributed by atoms with Gasteiger partial charge in [0, 0.05) is 18.1 Å². The molecular weight excluding hydrogens is 322 g/mol. The van der Waals surface area contributed by atoms with Crippen molar-refractivity contribution >= 4 is 28.5 Å². The summed E-state index contributed by atoms with van der Waals surface area (Å²) >= 11 is 0. The summed E-state index contributed by atoms with van der Waals surface area (Å²) in [4.78, 5) is 30.8. The van der Waals surface area contributed by atoms with Crippen molar-refractivity contribution in [2.24, 2.45) is 0 Å². The molecule has 7 heteroatoms. The van der Waals surface area contributed by atoms with Crippen LogP contribution in [0.25, 0.3) is 10.9 Å². The Kier molecular flexibility index (Phi) is 5.25. The molecule has 1 aliphatic heterocycles. The van der Waals surface area contributed by atoms with Crippen molar-refractivity contribution in [2.45, 2.75) is 19.1 Å². The van der Waals surface area contributed by atoms with E-state index in [-0.39, 0.29) is 12.5 Å². The minimum absolute atomic E-state index is 0.276. The van der Waals surface area contributed by atoms with Crippen LogP contribution in [0.4, 0.5) is 5.69 Å². The van der Waals surface area contributed by atoms with Crippen LogP contribution in [0.2, 0.25) is 0 Å². The monoisotopic (exact) mass is 343 g/mol. The highest BCUT2D eigenvalue weighted by atomic mass is 16.6. The fourth-order valence-corrected chi connectivity index (χ4v) is 2.69. The number of nitrogens with one attached hydrogen (secondary N) is 1. The maximum atomic E-state index is 12.4. The topological polar surface area (TPSA) is 80.8 Å². The number of likely N-dealkylation sites (N-methyl/N-ethyl adjacent to an activating group) is 1. The number of fused-ring (bicyclic) bond motifs is 1. The molecule has 0 bridgehead atoms. The second-order valence-corrected chi connectivity index (χ2v) is 6.02. The van der Waals surface area contributed by atoms with E-state index in [1.54, 1.807) is 25.3 Å². The molecule has 1 saturated heterocycles. The van der Waals surface area contributed by atoms with Crippen LogP contribution >= 0.6 is 0 Å². The number of morpholine rings is 1. The number of carbonyl (C=O) groups is 2. The SMILES string of the molecule is C[C@@H](OC(=O)[C@@H]1COCCN1C)C(=O)Nc1cccc2ncccc12. The molecule has 1 aromatic heterocycles. The summed E-state index contributed by atoms with van der Waals surface area (Å²) < 4.78 is 10.6. The molecule has 3 rings (SSSR count). The van der Waals surface area contributed by atoms with Crippen molar-refractivity contribution in [2.75, 3.05) is 32.1 Å². The fraction of sp³-hybridized carbons (Fsp3) is 0.389. The highest BCUT2D eigenvalue weighted by Gasteiger charge is 2.30. The molecule has 132 valence electrons. The maximum absolute atomic E-state index is 12.4. The average molecular weight is 343 g/mol. The smallest absolute Gasteiger partial charge is 0.326 e. The Morgan fingerprint density at radius 3 is 3.00 bits per heavy atom. The quantitative estimate of drug-likeness (QED) is 0.846. The summed E-state index contributed by atoms with van der Waals surface area (Å²) in [6, 6.07) is 8.68. The second-order valence-electron chi connectivity index (χ2n) is 6.02. The van der Waals surface area contributed by atoms with Crippen molar-refractivity contribution < 1.29 is 19.1 Å². The van der Waals surface area contributed by atoms with Crippen molar-refractivity contribution in [3.8, 4) is 0 Å². The number of esters is 1. The lowest BCUT2D eigenvalue weighted by Gasteiger charge is -2.31. The number of ether oxygens (including phenoxy) is 2. The average Bonchev–Trinajstić information content (AvgIpc) is 2.62. The van der Waals surface area contributed by atoms with Gasteiger partial charge < -0.3 is 14.8 Å². The van der Waals surface area contributed by atoms with Gasteiger partial charge in [0.2, 0.25) is 0 Å². The first-order chi connectivity index (χ1) is 12.1. The second kappa shape index (κ2) is 7.58. The molecule has 2 atom stereocenters. The number of carbonyl (C=O) groups excluding carboxylic acids is 2. The largest absolute Gasteiger partial charge is 0.451 e. The number of pyridine rings is 1. The van der Waals surface area contributed by atoms with Gasteiger partial charge in [0.25, 0.3) is 5.91 Å². The Morgan fingerprint density at radius 2 is 2.20 bits per heavy atom. The molecule has 2 aromatic rings. The summed E-state index contributed by atoms with van der Waals surface area (Å²) in [6.45, 7) is 3.08. The summed E-state index contributed by atoms with van der Waals surface area (Å²) in [6.07, 6.45) is 0.788. The number of nitrogens with zero attached hydrogens (tertiary/aromatic N) is 2. The van der Waals surface area contributed by atoms with Gasteiger partial charge in [-0.3, -0.25) is 19.5 Å². The zero-order chi connectivity index (χ0) is 17.8. The Labute approximate surface area is 145 Å². The van der Waals surface area contributed by atoms with Crippen molar-refractivity contribution in [3.05, 3.63) is 36.5 Å². The van der Waals surface area contributed by atoms with E-state index in [0.29, 0.717) is 18.8 Å². The Hall–Kier alpha value is -2.51. The van der Waals surface area contributed by atoms with Gasteiger partial charge in [0.15, 0.2) is 6.10 Å². The van der Waals surface area contributed by atoms with Crippen LogP contribution in [-0.4, -0.2) is 60.7 Å². The van der Waals surface area contributed by atoms with E-state index >= 15 is 0 Å². The molecule has 0 aliphatic carbocycles.